The molecule has 1 aromatic rings. The minimum absolute atomic E-state index is 0.865. The van der Waals surface area contributed by atoms with E-state index in [-0.39, 0.29) is 0 Å². The molecule has 0 saturated heterocycles. The first-order valence-electron chi connectivity index (χ1n) is 4.19. The van der Waals surface area contributed by atoms with E-state index in [1.165, 1.54) is 17.2 Å². The monoisotopic (exact) mass is 202 g/mol. The molecule has 4 heteroatoms. The molecular weight excluding hydrogens is 196 g/mol. The predicted octanol–water partition coefficient (Wildman–Crippen LogP) is 1.09. The van der Waals surface area contributed by atoms with Crippen LogP contribution in [0.25, 0.3) is 12.2 Å². The molecule has 2 aliphatic rings. The second-order valence-electron chi connectivity index (χ2n) is 2.93. The Labute approximate surface area is 84.6 Å². The van der Waals surface area contributed by atoms with Gasteiger partial charge in [0.1, 0.15) is 11.6 Å². The lowest BCUT2D eigenvalue weighted by Gasteiger charge is -2.08. The maximum atomic E-state index is 4.87. The molecule has 0 atom stereocenters. The second-order valence-corrected chi connectivity index (χ2v) is 3.73. The van der Waals surface area contributed by atoms with Crippen LogP contribution in [0.3, 0.4) is 0 Å². The topological polar surface area (TPSA) is 34.0 Å². The molecule has 0 aliphatic carbocycles. The van der Waals surface area contributed by atoms with Gasteiger partial charge in [-0.1, -0.05) is 11.2 Å². The fourth-order valence-electron chi connectivity index (χ4n) is 1.46. The summed E-state index contributed by atoms with van der Waals surface area (Å²) in [4.78, 5) is 6.02. The smallest absolute Gasteiger partial charge is 0.122 e. The van der Waals surface area contributed by atoms with Gasteiger partial charge in [-0.15, -0.1) is 0 Å². The maximum absolute atomic E-state index is 4.87. The Hall–Kier alpha value is -1.55. The molecule has 2 aliphatic heterocycles. The summed E-state index contributed by atoms with van der Waals surface area (Å²) in [7, 11) is 0. The number of fused-ring (bicyclic) bond motifs is 3. The molecular formula is C10H6N2OS. The van der Waals surface area contributed by atoms with E-state index in [1.54, 1.807) is 12.5 Å². The van der Waals surface area contributed by atoms with E-state index in [4.69, 9.17) is 4.84 Å². The van der Waals surface area contributed by atoms with Crippen LogP contribution < -0.4 is 10.6 Å². The van der Waals surface area contributed by atoms with Crippen molar-refractivity contribution in [3.05, 3.63) is 34.5 Å². The second kappa shape index (κ2) is 2.99. The first-order chi connectivity index (χ1) is 6.95. The summed E-state index contributed by atoms with van der Waals surface area (Å²) < 4.78 is 4.15. The average molecular weight is 202 g/mol. The minimum atomic E-state index is 0.865. The average Bonchev–Trinajstić information content (AvgIpc) is 2.29. The van der Waals surface area contributed by atoms with Crippen molar-refractivity contribution in [2.24, 2.45) is 9.55 Å². The molecule has 0 saturated carbocycles. The van der Waals surface area contributed by atoms with E-state index in [0.29, 0.717) is 0 Å². The number of hydrogen-bond donors (Lipinski definition) is 0. The summed E-state index contributed by atoms with van der Waals surface area (Å²) >= 11 is 1.47. The number of benzene rings is 1. The van der Waals surface area contributed by atoms with E-state index < -0.39 is 0 Å². The van der Waals surface area contributed by atoms with Crippen LogP contribution in [0.2, 0.25) is 0 Å². The van der Waals surface area contributed by atoms with Crippen LogP contribution >= 0.6 is 11.9 Å². The SMILES string of the molecule is C1=Cc2c3c(ccc2=NO1)=CC=NS3. The van der Waals surface area contributed by atoms with E-state index in [1.807, 2.05) is 24.3 Å². The first-order valence-corrected chi connectivity index (χ1v) is 4.96. The summed E-state index contributed by atoms with van der Waals surface area (Å²) in [6, 6.07) is 3.98. The molecule has 0 aromatic heterocycles. The molecule has 0 radical (unpaired) electrons. The van der Waals surface area contributed by atoms with Crippen LogP contribution in [0.15, 0.2) is 32.8 Å². The Morgan fingerprint density at radius 3 is 3.29 bits per heavy atom. The fraction of sp³-hybridized carbons (Fsp3) is 0. The highest BCUT2D eigenvalue weighted by molar-refractivity contribution is 7.98. The molecule has 0 bridgehead atoms. The number of hydrogen-bond acceptors (Lipinski definition) is 4. The van der Waals surface area contributed by atoms with Gasteiger partial charge in [0.15, 0.2) is 0 Å². The molecule has 3 nitrogen and oxygen atoms in total. The standard InChI is InChI=1S/C10H6N2OS/c1-2-9-8(4-6-13-12-9)10-7(1)3-5-11-14-10/h1-6H. The predicted molar refractivity (Wildman–Crippen MR) is 56.2 cm³/mol. The van der Waals surface area contributed by atoms with Gasteiger partial charge in [0.05, 0.1) is 0 Å². The van der Waals surface area contributed by atoms with Crippen LogP contribution in [-0.4, -0.2) is 6.21 Å². The zero-order valence-corrected chi connectivity index (χ0v) is 7.99. The Bertz CT molecular complexity index is 560. The number of nitrogens with zero attached hydrogens (tertiary/aromatic N) is 2. The summed E-state index contributed by atoms with van der Waals surface area (Å²) in [5, 5.41) is 5.99. The third-order valence-electron chi connectivity index (χ3n) is 2.11. The van der Waals surface area contributed by atoms with Crippen LogP contribution in [-0.2, 0) is 4.84 Å². The van der Waals surface area contributed by atoms with Gasteiger partial charge < -0.3 is 4.84 Å². The highest BCUT2D eigenvalue weighted by atomic mass is 32.2. The Balaban J connectivity index is 2.42. The quantitative estimate of drug-likeness (QED) is 0.590. The molecule has 3 rings (SSSR count). The summed E-state index contributed by atoms with van der Waals surface area (Å²) in [5.74, 6) is 0. The minimum Gasteiger partial charge on any atom is -0.364 e. The van der Waals surface area contributed by atoms with Gasteiger partial charge in [-0.3, -0.25) is 0 Å². The van der Waals surface area contributed by atoms with Crippen molar-refractivity contribution in [2.45, 2.75) is 4.90 Å². The van der Waals surface area contributed by atoms with Gasteiger partial charge in [-0.2, -0.15) is 0 Å². The van der Waals surface area contributed by atoms with Gasteiger partial charge in [0.2, 0.25) is 0 Å². The lowest BCUT2D eigenvalue weighted by Crippen LogP contribution is -2.19. The van der Waals surface area contributed by atoms with Crippen molar-refractivity contribution in [1.29, 1.82) is 0 Å². The van der Waals surface area contributed by atoms with Crippen molar-refractivity contribution in [2.75, 3.05) is 0 Å². The van der Waals surface area contributed by atoms with Crippen LogP contribution in [0.5, 0.6) is 0 Å². The van der Waals surface area contributed by atoms with E-state index >= 15 is 0 Å². The Morgan fingerprint density at radius 2 is 2.29 bits per heavy atom. The van der Waals surface area contributed by atoms with Crippen molar-refractivity contribution < 1.29 is 4.84 Å². The zero-order valence-electron chi connectivity index (χ0n) is 7.18. The third-order valence-corrected chi connectivity index (χ3v) is 2.97. The van der Waals surface area contributed by atoms with Gasteiger partial charge in [-0.05, 0) is 23.4 Å². The highest BCUT2D eigenvalue weighted by Crippen LogP contribution is 2.21. The molecule has 0 unspecified atom stereocenters. The first kappa shape index (κ1) is 7.82. The van der Waals surface area contributed by atoms with Gasteiger partial charge in [0, 0.05) is 28.6 Å². The van der Waals surface area contributed by atoms with Crippen molar-refractivity contribution >= 4 is 30.3 Å². The molecule has 68 valence electrons. The van der Waals surface area contributed by atoms with Crippen LogP contribution in [0.1, 0.15) is 5.56 Å². The van der Waals surface area contributed by atoms with Crippen LogP contribution in [0, 0.1) is 0 Å². The zero-order chi connectivity index (χ0) is 9.38. The van der Waals surface area contributed by atoms with E-state index in [0.717, 1.165) is 15.8 Å². The van der Waals surface area contributed by atoms with Crippen molar-refractivity contribution in [1.82, 2.24) is 0 Å². The normalized spacial score (nSPS) is 16.0. The van der Waals surface area contributed by atoms with E-state index in [2.05, 4.69) is 9.55 Å². The van der Waals surface area contributed by atoms with Gasteiger partial charge >= 0.3 is 0 Å². The maximum Gasteiger partial charge on any atom is 0.122 e. The fourth-order valence-corrected chi connectivity index (χ4v) is 2.20. The van der Waals surface area contributed by atoms with Crippen molar-refractivity contribution in [3.8, 4) is 0 Å². The highest BCUT2D eigenvalue weighted by Gasteiger charge is 2.09. The molecule has 0 spiro atoms. The molecule has 0 N–H and O–H groups in total. The lowest BCUT2D eigenvalue weighted by molar-refractivity contribution is 0.252. The largest absolute Gasteiger partial charge is 0.364 e. The molecule has 1 aromatic carbocycles. The van der Waals surface area contributed by atoms with Gasteiger partial charge in [-0.25, -0.2) is 4.40 Å². The Morgan fingerprint density at radius 1 is 1.29 bits per heavy atom. The third kappa shape index (κ3) is 1.08. The van der Waals surface area contributed by atoms with Crippen molar-refractivity contribution in [3.63, 3.8) is 0 Å². The molecule has 0 amide bonds. The number of rotatable bonds is 0. The summed E-state index contributed by atoms with van der Waals surface area (Å²) in [5.41, 5.74) is 1.09. The molecule has 14 heavy (non-hydrogen) atoms. The van der Waals surface area contributed by atoms with Crippen LogP contribution in [0.4, 0.5) is 0 Å². The molecule has 0 fully saturated rings. The Kier molecular flexibility index (Phi) is 1.67. The van der Waals surface area contributed by atoms with E-state index in [9.17, 15) is 0 Å². The molecule has 2 heterocycles. The van der Waals surface area contributed by atoms with Gasteiger partial charge in [0.25, 0.3) is 0 Å². The lowest BCUT2D eigenvalue weighted by atomic mass is 10.1. The summed E-state index contributed by atoms with van der Waals surface area (Å²) in [6.07, 6.45) is 7.30. The summed E-state index contributed by atoms with van der Waals surface area (Å²) in [6.45, 7) is 0.